The molecule has 1 aromatic rings. The lowest BCUT2D eigenvalue weighted by Crippen LogP contribution is -2.12. The van der Waals surface area contributed by atoms with Crippen LogP contribution in [0.15, 0.2) is 18.2 Å². The predicted octanol–water partition coefficient (Wildman–Crippen LogP) is 2.16. The summed E-state index contributed by atoms with van der Waals surface area (Å²) in [4.78, 5) is 0. The summed E-state index contributed by atoms with van der Waals surface area (Å²) >= 11 is 0. The first-order chi connectivity index (χ1) is 7.28. The summed E-state index contributed by atoms with van der Waals surface area (Å²) in [6.45, 7) is 2.75. The number of hydrogen-bond donors (Lipinski definition) is 1. The van der Waals surface area contributed by atoms with Gasteiger partial charge in [0, 0.05) is 5.56 Å². The van der Waals surface area contributed by atoms with Gasteiger partial charge in [0.2, 0.25) is 0 Å². The van der Waals surface area contributed by atoms with Crippen molar-refractivity contribution >= 4 is 0 Å². The fourth-order valence-corrected chi connectivity index (χ4v) is 1.75. The molecular weight excluding hydrogens is 190 g/mol. The lowest BCUT2D eigenvalue weighted by molar-refractivity contribution is 0.349. The second-order valence-corrected chi connectivity index (χ2v) is 3.42. The van der Waals surface area contributed by atoms with Crippen LogP contribution in [0.1, 0.15) is 24.8 Å². The Labute approximate surface area is 91.2 Å². The van der Waals surface area contributed by atoms with Crippen LogP contribution in [0.4, 0.5) is 0 Å². The molecule has 3 nitrogen and oxygen atoms in total. The van der Waals surface area contributed by atoms with E-state index in [-0.39, 0.29) is 0 Å². The average Bonchev–Trinajstić information content (AvgIpc) is 2.30. The van der Waals surface area contributed by atoms with Crippen LogP contribution in [0.2, 0.25) is 0 Å². The maximum absolute atomic E-state index is 5.73. The molecule has 3 heteroatoms. The molecule has 0 radical (unpaired) electrons. The molecule has 0 aliphatic heterocycles. The lowest BCUT2D eigenvalue weighted by Gasteiger charge is -2.18. The van der Waals surface area contributed by atoms with Crippen molar-refractivity contribution in [2.75, 3.05) is 20.8 Å². The Morgan fingerprint density at radius 2 is 2.00 bits per heavy atom. The van der Waals surface area contributed by atoms with Crippen LogP contribution in [-0.4, -0.2) is 20.8 Å². The van der Waals surface area contributed by atoms with Gasteiger partial charge >= 0.3 is 0 Å². The molecule has 1 atom stereocenters. The van der Waals surface area contributed by atoms with E-state index >= 15 is 0 Å². The van der Waals surface area contributed by atoms with Gasteiger partial charge in [-0.3, -0.25) is 0 Å². The number of hydrogen-bond acceptors (Lipinski definition) is 3. The first-order valence-electron chi connectivity index (χ1n) is 5.19. The minimum atomic E-state index is 0.329. The normalized spacial score (nSPS) is 12.3. The molecule has 0 saturated carbocycles. The number of para-hydroxylation sites is 1. The number of methoxy groups -OCH3 is 2. The maximum Gasteiger partial charge on any atom is 0.164 e. The van der Waals surface area contributed by atoms with Crippen LogP contribution in [0.25, 0.3) is 0 Å². The Morgan fingerprint density at radius 1 is 1.27 bits per heavy atom. The standard InChI is InChI=1S/C12H19NO2/c1-4-9(8-13)10-6-5-7-11(14-2)12(10)15-3/h5-7,9H,4,8,13H2,1-3H3. The van der Waals surface area contributed by atoms with Gasteiger partial charge in [0.1, 0.15) is 0 Å². The van der Waals surface area contributed by atoms with Crippen molar-refractivity contribution in [3.8, 4) is 11.5 Å². The smallest absolute Gasteiger partial charge is 0.164 e. The molecular formula is C12H19NO2. The Bertz CT molecular complexity index is 308. The third kappa shape index (κ3) is 2.42. The Balaban J connectivity index is 3.15. The average molecular weight is 209 g/mol. The molecule has 0 spiro atoms. The molecule has 0 bridgehead atoms. The molecule has 0 fully saturated rings. The van der Waals surface area contributed by atoms with E-state index in [9.17, 15) is 0 Å². The fraction of sp³-hybridized carbons (Fsp3) is 0.500. The zero-order valence-corrected chi connectivity index (χ0v) is 9.62. The Morgan fingerprint density at radius 3 is 2.47 bits per heavy atom. The number of rotatable bonds is 5. The highest BCUT2D eigenvalue weighted by Crippen LogP contribution is 2.36. The van der Waals surface area contributed by atoms with Crippen LogP contribution in [0.5, 0.6) is 11.5 Å². The van der Waals surface area contributed by atoms with Crippen molar-refractivity contribution in [1.29, 1.82) is 0 Å². The first-order valence-corrected chi connectivity index (χ1v) is 5.19. The van der Waals surface area contributed by atoms with Gasteiger partial charge in [0.05, 0.1) is 14.2 Å². The van der Waals surface area contributed by atoms with E-state index in [1.165, 1.54) is 0 Å². The van der Waals surface area contributed by atoms with E-state index in [0.29, 0.717) is 12.5 Å². The topological polar surface area (TPSA) is 44.5 Å². The van der Waals surface area contributed by atoms with Crippen LogP contribution >= 0.6 is 0 Å². The number of nitrogens with two attached hydrogens (primary N) is 1. The molecule has 2 N–H and O–H groups in total. The number of ether oxygens (including phenoxy) is 2. The molecule has 0 aliphatic carbocycles. The summed E-state index contributed by atoms with van der Waals surface area (Å²) in [6, 6.07) is 5.91. The van der Waals surface area contributed by atoms with Crippen molar-refractivity contribution in [1.82, 2.24) is 0 Å². The van der Waals surface area contributed by atoms with E-state index in [1.54, 1.807) is 14.2 Å². The van der Waals surface area contributed by atoms with E-state index < -0.39 is 0 Å². The van der Waals surface area contributed by atoms with Gasteiger partial charge in [-0.25, -0.2) is 0 Å². The first kappa shape index (κ1) is 11.9. The SMILES string of the molecule is CCC(CN)c1cccc(OC)c1OC. The molecule has 1 rings (SSSR count). The van der Waals surface area contributed by atoms with Crippen LogP contribution in [0, 0.1) is 0 Å². The molecule has 0 aromatic heterocycles. The summed E-state index contributed by atoms with van der Waals surface area (Å²) in [5.41, 5.74) is 6.86. The molecule has 0 amide bonds. The number of benzene rings is 1. The minimum Gasteiger partial charge on any atom is -0.493 e. The molecule has 1 unspecified atom stereocenters. The molecule has 84 valence electrons. The van der Waals surface area contributed by atoms with Crippen molar-refractivity contribution in [2.45, 2.75) is 19.3 Å². The molecule has 0 saturated heterocycles. The van der Waals surface area contributed by atoms with Gasteiger partial charge in [0.25, 0.3) is 0 Å². The molecule has 0 aliphatic rings. The molecule has 1 aromatic carbocycles. The second kappa shape index (κ2) is 5.61. The van der Waals surface area contributed by atoms with Gasteiger partial charge in [-0.05, 0) is 24.9 Å². The van der Waals surface area contributed by atoms with Gasteiger partial charge in [-0.15, -0.1) is 0 Å². The van der Waals surface area contributed by atoms with E-state index in [1.807, 2.05) is 18.2 Å². The zero-order valence-electron chi connectivity index (χ0n) is 9.62. The second-order valence-electron chi connectivity index (χ2n) is 3.42. The monoisotopic (exact) mass is 209 g/mol. The van der Waals surface area contributed by atoms with Gasteiger partial charge in [-0.1, -0.05) is 19.1 Å². The van der Waals surface area contributed by atoms with Gasteiger partial charge < -0.3 is 15.2 Å². The third-order valence-electron chi connectivity index (χ3n) is 2.65. The highest BCUT2D eigenvalue weighted by Gasteiger charge is 2.16. The summed E-state index contributed by atoms with van der Waals surface area (Å²) in [5, 5.41) is 0. The Hall–Kier alpha value is -1.22. The highest BCUT2D eigenvalue weighted by molar-refractivity contribution is 5.48. The van der Waals surface area contributed by atoms with Crippen molar-refractivity contribution in [2.24, 2.45) is 5.73 Å². The minimum absolute atomic E-state index is 0.329. The van der Waals surface area contributed by atoms with E-state index in [2.05, 4.69) is 6.92 Å². The summed E-state index contributed by atoms with van der Waals surface area (Å²) in [7, 11) is 3.30. The van der Waals surface area contributed by atoms with Crippen LogP contribution in [0.3, 0.4) is 0 Å². The summed E-state index contributed by atoms with van der Waals surface area (Å²) in [6.07, 6.45) is 1.00. The third-order valence-corrected chi connectivity index (χ3v) is 2.65. The summed E-state index contributed by atoms with van der Waals surface area (Å²) < 4.78 is 10.6. The largest absolute Gasteiger partial charge is 0.493 e. The van der Waals surface area contributed by atoms with Gasteiger partial charge in [-0.2, -0.15) is 0 Å². The van der Waals surface area contributed by atoms with E-state index in [4.69, 9.17) is 15.2 Å². The van der Waals surface area contributed by atoms with Crippen molar-refractivity contribution in [3.05, 3.63) is 23.8 Å². The lowest BCUT2D eigenvalue weighted by atomic mass is 9.95. The van der Waals surface area contributed by atoms with Crippen molar-refractivity contribution in [3.63, 3.8) is 0 Å². The quantitative estimate of drug-likeness (QED) is 0.808. The predicted molar refractivity (Wildman–Crippen MR) is 61.6 cm³/mol. The summed E-state index contributed by atoms with van der Waals surface area (Å²) in [5.74, 6) is 1.90. The van der Waals surface area contributed by atoms with E-state index in [0.717, 1.165) is 23.5 Å². The fourth-order valence-electron chi connectivity index (χ4n) is 1.75. The van der Waals surface area contributed by atoms with Crippen LogP contribution < -0.4 is 15.2 Å². The molecule has 15 heavy (non-hydrogen) atoms. The van der Waals surface area contributed by atoms with Gasteiger partial charge in [0.15, 0.2) is 11.5 Å². The molecule has 0 heterocycles. The van der Waals surface area contributed by atoms with Crippen LogP contribution in [-0.2, 0) is 0 Å². The maximum atomic E-state index is 5.73. The zero-order chi connectivity index (χ0) is 11.3. The van der Waals surface area contributed by atoms with Crippen molar-refractivity contribution < 1.29 is 9.47 Å². The highest BCUT2D eigenvalue weighted by atomic mass is 16.5. The Kier molecular flexibility index (Phi) is 4.43.